The second-order valence-corrected chi connectivity index (χ2v) is 24.8. The van der Waals surface area contributed by atoms with Crippen molar-refractivity contribution in [3.63, 3.8) is 0 Å². The molecule has 0 bridgehead atoms. The van der Waals surface area contributed by atoms with Gasteiger partial charge < -0.3 is 15.1 Å². The summed E-state index contributed by atoms with van der Waals surface area (Å²) < 4.78 is 36.0. The fraction of sp³-hybridized carbons (Fsp3) is 0.605. The largest absolute Gasteiger partial charge is 0.413 e. The summed E-state index contributed by atoms with van der Waals surface area (Å²) in [4.78, 5) is 24.9. The maximum absolute atomic E-state index is 14.4. The summed E-state index contributed by atoms with van der Waals surface area (Å²) >= 11 is 8.06. The van der Waals surface area contributed by atoms with Crippen LogP contribution in [0.3, 0.4) is 0 Å². The lowest BCUT2D eigenvalue weighted by molar-refractivity contribution is 0.103. The van der Waals surface area contributed by atoms with Crippen LogP contribution < -0.4 is 15.8 Å². The van der Waals surface area contributed by atoms with Crippen LogP contribution in [0, 0.1) is 18.3 Å². The molecule has 4 atom stereocenters. The Bertz CT molecular complexity index is 1860. The third kappa shape index (κ3) is 7.93. The van der Waals surface area contributed by atoms with E-state index in [-0.39, 0.29) is 35.9 Å². The Labute approximate surface area is 320 Å². The number of nitrogens with zero attached hydrogens (tertiary/aromatic N) is 2. The third-order valence-corrected chi connectivity index (χ3v) is 19.2. The van der Waals surface area contributed by atoms with E-state index < -0.39 is 24.2 Å². The van der Waals surface area contributed by atoms with E-state index in [4.69, 9.17) is 25.3 Å². The summed E-state index contributed by atoms with van der Waals surface area (Å²) in [5.74, 6) is 0.0395. The molecule has 2 aliphatic rings. The Morgan fingerprint density at radius 1 is 1.12 bits per heavy atom. The average molecular weight is 791 g/mol. The summed E-state index contributed by atoms with van der Waals surface area (Å²) in [6, 6.07) is 8.00. The number of anilines is 1. The van der Waals surface area contributed by atoms with Gasteiger partial charge in [0.15, 0.2) is 0 Å². The predicted octanol–water partition coefficient (Wildman–Crippen LogP) is 8.14. The van der Waals surface area contributed by atoms with Crippen LogP contribution in [0.15, 0.2) is 36.8 Å². The van der Waals surface area contributed by atoms with Crippen molar-refractivity contribution < 1.29 is 21.8 Å². The van der Waals surface area contributed by atoms with Gasteiger partial charge in [0.25, 0.3) is 0 Å². The fourth-order valence-corrected chi connectivity index (χ4v) is 16.4. The normalized spacial score (nSPS) is 22.7. The molecular formula is C38H56ClN5O5S2Si. The van der Waals surface area contributed by atoms with Crippen LogP contribution in [-0.4, -0.2) is 57.8 Å². The van der Waals surface area contributed by atoms with E-state index in [0.29, 0.717) is 50.7 Å². The smallest absolute Gasteiger partial charge is 0.333 e. The Kier molecular flexibility index (Phi) is 12.2. The molecule has 0 saturated heterocycles. The minimum Gasteiger partial charge on any atom is -0.413 e. The maximum atomic E-state index is 14.4. The van der Waals surface area contributed by atoms with Gasteiger partial charge in [-0.2, -0.15) is 8.42 Å². The fourth-order valence-electron chi connectivity index (χ4n) is 9.19. The molecule has 0 radical (unpaired) electrons. The quantitative estimate of drug-likeness (QED) is 0.115. The molecule has 10 nitrogen and oxygen atoms in total. The van der Waals surface area contributed by atoms with Crippen LogP contribution in [0.5, 0.6) is 0 Å². The number of thiophene rings is 1. The number of nitrogens with one attached hydrogen (secondary N) is 2. The van der Waals surface area contributed by atoms with Gasteiger partial charge >= 0.3 is 10.3 Å². The lowest BCUT2D eigenvalue weighted by Crippen LogP contribution is -2.56. The Hall–Kier alpha value is -2.23. The summed E-state index contributed by atoms with van der Waals surface area (Å²) in [7, 11) is -6.46. The number of aryl methyl sites for hydroxylation is 1. The second-order valence-electron chi connectivity index (χ2n) is 16.5. The van der Waals surface area contributed by atoms with E-state index in [0.717, 1.165) is 29.0 Å². The van der Waals surface area contributed by atoms with E-state index in [1.807, 2.05) is 12.1 Å². The minimum absolute atomic E-state index is 0.0782. The molecule has 14 heteroatoms. The topological polar surface area (TPSA) is 146 Å². The SMILES string of the molecule is Cc1sc(C(=O)c2cncnc2N[C@@H]2C[C@H](COS(N)(=O)=O)[C@@H](O[Si](C(C)C)(C(C)C)C(C)C)C2)cc1[C@]1(C(C)(C)C)NCCc2ccc(Cl)cc21. The Morgan fingerprint density at radius 2 is 1.79 bits per heavy atom. The summed E-state index contributed by atoms with van der Waals surface area (Å²) in [5.41, 5.74) is 4.04. The molecule has 1 aliphatic carbocycles. The number of nitrogens with two attached hydrogens (primary N) is 1. The Morgan fingerprint density at radius 3 is 2.40 bits per heavy atom. The van der Waals surface area contributed by atoms with Crippen LogP contribution in [0.1, 0.15) is 112 Å². The molecule has 1 aromatic carbocycles. The number of ketones is 1. The highest BCUT2D eigenvalue weighted by atomic mass is 35.5. The van der Waals surface area contributed by atoms with Crippen LogP contribution in [0.2, 0.25) is 21.6 Å². The lowest BCUT2D eigenvalue weighted by Gasteiger charge is -2.50. The summed E-state index contributed by atoms with van der Waals surface area (Å²) in [5, 5.41) is 13.3. The molecule has 3 aromatic rings. The molecule has 1 fully saturated rings. The number of hydrogen-bond donors (Lipinski definition) is 3. The Balaban J connectivity index is 1.47. The van der Waals surface area contributed by atoms with Gasteiger partial charge in [0, 0.05) is 34.6 Å². The minimum atomic E-state index is -4.13. The molecule has 2 aromatic heterocycles. The molecule has 5 rings (SSSR count). The van der Waals surface area contributed by atoms with E-state index in [2.05, 4.69) is 102 Å². The van der Waals surface area contributed by atoms with Crippen molar-refractivity contribution in [2.75, 3.05) is 18.5 Å². The molecule has 4 N–H and O–H groups in total. The first-order chi connectivity index (χ1) is 24.2. The lowest BCUT2D eigenvalue weighted by atomic mass is 9.63. The predicted molar refractivity (Wildman–Crippen MR) is 213 cm³/mol. The number of aromatic nitrogens is 2. The van der Waals surface area contributed by atoms with Crippen molar-refractivity contribution in [2.45, 2.75) is 123 Å². The van der Waals surface area contributed by atoms with Gasteiger partial charge in [-0.3, -0.25) is 8.98 Å². The van der Waals surface area contributed by atoms with Gasteiger partial charge in [-0.15, -0.1) is 11.3 Å². The van der Waals surface area contributed by atoms with Gasteiger partial charge in [0.1, 0.15) is 12.1 Å². The number of halogens is 1. The highest BCUT2D eigenvalue weighted by Crippen LogP contribution is 2.51. The van der Waals surface area contributed by atoms with Crippen molar-refractivity contribution in [1.82, 2.24) is 15.3 Å². The third-order valence-electron chi connectivity index (χ3n) is 11.4. The van der Waals surface area contributed by atoms with Crippen molar-refractivity contribution >= 4 is 53.2 Å². The zero-order chi connectivity index (χ0) is 38.4. The first-order valence-electron chi connectivity index (χ1n) is 18.3. The van der Waals surface area contributed by atoms with Crippen LogP contribution in [0.25, 0.3) is 0 Å². The molecule has 0 unspecified atom stereocenters. The monoisotopic (exact) mass is 789 g/mol. The van der Waals surface area contributed by atoms with Crippen molar-refractivity contribution in [1.29, 1.82) is 0 Å². The molecule has 52 heavy (non-hydrogen) atoms. The zero-order valence-electron chi connectivity index (χ0n) is 32.2. The highest BCUT2D eigenvalue weighted by molar-refractivity contribution is 7.84. The molecule has 3 heterocycles. The number of carbonyl (C=O) groups is 1. The van der Waals surface area contributed by atoms with E-state index in [9.17, 15) is 13.2 Å². The van der Waals surface area contributed by atoms with Gasteiger partial charge in [-0.05, 0) is 83.1 Å². The number of hydrogen-bond acceptors (Lipinski definition) is 10. The van der Waals surface area contributed by atoms with Crippen LogP contribution in [0.4, 0.5) is 5.82 Å². The molecule has 1 aliphatic heterocycles. The standard InChI is InChI=1S/C38H56ClN5O5S2Si/c1-22(2)52(23(3)4,24(5)6)49-33-17-29(15-27(33)20-48-51(40,46)47)44-36-30(19-41-21-42-36)35(45)34-18-31(25(7)50-34)38(37(8,9)10)32-16-28(39)12-11-26(32)13-14-43-38/h11-12,16,18-19,21-24,27,29,33,43H,13-15,17,20H2,1-10H3,(H2,40,46,47)(H,41,42,44)/t27-,29-,33+,38+/m1/s1. The van der Waals surface area contributed by atoms with Crippen molar-refractivity contribution in [2.24, 2.45) is 16.5 Å². The van der Waals surface area contributed by atoms with Gasteiger partial charge in [0.05, 0.1) is 28.7 Å². The molecule has 286 valence electrons. The van der Waals surface area contributed by atoms with Crippen molar-refractivity contribution in [3.05, 3.63) is 73.8 Å². The number of rotatable bonds is 13. The molecular weight excluding hydrogens is 734 g/mol. The highest BCUT2D eigenvalue weighted by Gasteiger charge is 2.51. The maximum Gasteiger partial charge on any atom is 0.333 e. The number of benzene rings is 1. The van der Waals surface area contributed by atoms with Crippen molar-refractivity contribution in [3.8, 4) is 0 Å². The second kappa shape index (κ2) is 15.5. The zero-order valence-corrected chi connectivity index (χ0v) is 35.6. The van der Waals surface area contributed by atoms with E-state index in [1.165, 1.54) is 23.2 Å². The first-order valence-corrected chi connectivity index (χ1v) is 23.1. The van der Waals surface area contributed by atoms with Gasteiger partial charge in [-0.1, -0.05) is 80.0 Å². The van der Waals surface area contributed by atoms with Gasteiger partial charge in [-0.25, -0.2) is 15.1 Å². The molecule has 1 saturated carbocycles. The number of fused-ring (bicyclic) bond motifs is 1. The van der Waals surface area contributed by atoms with Crippen LogP contribution >= 0.6 is 22.9 Å². The van der Waals surface area contributed by atoms with Gasteiger partial charge in [0.2, 0.25) is 14.1 Å². The van der Waals surface area contributed by atoms with E-state index in [1.54, 1.807) is 6.20 Å². The van der Waals surface area contributed by atoms with Crippen LogP contribution in [-0.2, 0) is 30.9 Å². The molecule has 0 amide bonds. The summed E-state index contributed by atoms with van der Waals surface area (Å²) in [6.45, 7) is 22.8. The van der Waals surface area contributed by atoms with E-state index >= 15 is 0 Å². The molecule has 0 spiro atoms. The first kappa shape index (κ1) is 40.9. The summed E-state index contributed by atoms with van der Waals surface area (Å²) in [6.07, 6.45) is 4.80. The average Bonchev–Trinajstić information content (AvgIpc) is 3.63. The number of carbonyl (C=O) groups excluding carboxylic acids is 1.